The number of anilines is 1. The van der Waals surface area contributed by atoms with E-state index >= 15 is 0 Å². The second-order valence-electron chi connectivity index (χ2n) is 9.33. The number of nitrogens with zero attached hydrogens (tertiary/aromatic N) is 2. The number of likely N-dealkylation sites (tertiary alicyclic amines) is 1. The summed E-state index contributed by atoms with van der Waals surface area (Å²) in [7, 11) is 1.84. The summed E-state index contributed by atoms with van der Waals surface area (Å²) in [6.45, 7) is 4.12. The molecule has 1 fully saturated rings. The lowest BCUT2D eigenvalue weighted by Gasteiger charge is -2.32. The van der Waals surface area contributed by atoms with Crippen LogP contribution in [0.5, 0.6) is 0 Å². The van der Waals surface area contributed by atoms with Gasteiger partial charge in [-0.05, 0) is 48.7 Å². The van der Waals surface area contributed by atoms with Crippen LogP contribution in [0, 0.1) is 6.92 Å². The van der Waals surface area contributed by atoms with Gasteiger partial charge in [0.15, 0.2) is 0 Å². The fourth-order valence-corrected chi connectivity index (χ4v) is 4.49. The van der Waals surface area contributed by atoms with Crippen molar-refractivity contribution < 1.29 is 14.7 Å². The maximum absolute atomic E-state index is 13.3. The Balaban J connectivity index is 1.44. The van der Waals surface area contributed by atoms with Crippen LogP contribution < -0.4 is 5.32 Å². The van der Waals surface area contributed by atoms with Gasteiger partial charge in [-0.1, -0.05) is 60.2 Å². The lowest BCUT2D eigenvalue weighted by atomic mass is 10.0. The normalized spacial score (nSPS) is 16.6. The highest BCUT2D eigenvalue weighted by Gasteiger charge is 2.28. The highest BCUT2D eigenvalue weighted by molar-refractivity contribution is 6.04. The predicted octanol–water partition coefficient (Wildman–Crippen LogP) is 4.06. The Labute approximate surface area is 207 Å². The quantitative estimate of drug-likeness (QED) is 0.520. The smallest absolute Gasteiger partial charge is 0.255 e. The lowest BCUT2D eigenvalue weighted by molar-refractivity contribution is -0.131. The Morgan fingerprint density at radius 2 is 1.80 bits per heavy atom. The number of hydrogen-bond donors (Lipinski definition) is 2. The molecule has 6 nitrogen and oxygen atoms in total. The summed E-state index contributed by atoms with van der Waals surface area (Å²) in [5, 5.41) is 12.9. The Kier molecular flexibility index (Phi) is 7.95. The van der Waals surface area contributed by atoms with Crippen LogP contribution in [0.1, 0.15) is 39.5 Å². The van der Waals surface area contributed by atoms with Crippen LogP contribution in [0.2, 0.25) is 0 Å². The van der Waals surface area contributed by atoms with Gasteiger partial charge in [0.05, 0.1) is 18.6 Å². The van der Waals surface area contributed by atoms with Crippen molar-refractivity contribution in [3.8, 4) is 0 Å². The van der Waals surface area contributed by atoms with Gasteiger partial charge in [-0.3, -0.25) is 14.5 Å². The van der Waals surface area contributed by atoms with E-state index in [9.17, 15) is 14.7 Å². The third-order valence-corrected chi connectivity index (χ3v) is 6.58. The first-order valence-electron chi connectivity index (χ1n) is 12.1. The average Bonchev–Trinajstić information content (AvgIpc) is 3.28. The van der Waals surface area contributed by atoms with E-state index in [0.29, 0.717) is 24.3 Å². The number of amides is 2. The molecule has 35 heavy (non-hydrogen) atoms. The number of aliphatic hydroxyl groups excluding tert-OH is 1. The summed E-state index contributed by atoms with van der Waals surface area (Å²) < 4.78 is 0. The number of nitrogens with one attached hydrogen (secondary N) is 1. The van der Waals surface area contributed by atoms with E-state index in [1.165, 1.54) is 0 Å². The molecule has 1 saturated heterocycles. The zero-order valence-corrected chi connectivity index (χ0v) is 20.4. The van der Waals surface area contributed by atoms with Crippen LogP contribution in [0.15, 0.2) is 78.9 Å². The number of carbonyl (C=O) groups is 2. The monoisotopic (exact) mass is 471 g/mol. The topological polar surface area (TPSA) is 72.9 Å². The first kappa shape index (κ1) is 24.6. The fraction of sp³-hybridized carbons (Fsp3) is 0.310. The van der Waals surface area contributed by atoms with Crippen molar-refractivity contribution in [2.75, 3.05) is 32.0 Å². The molecule has 3 aromatic rings. The summed E-state index contributed by atoms with van der Waals surface area (Å²) in [6.07, 6.45) is 0.696. The first-order chi connectivity index (χ1) is 16.9. The van der Waals surface area contributed by atoms with Crippen molar-refractivity contribution >= 4 is 17.5 Å². The summed E-state index contributed by atoms with van der Waals surface area (Å²) in [4.78, 5) is 29.9. The van der Waals surface area contributed by atoms with Crippen molar-refractivity contribution in [2.45, 2.75) is 31.9 Å². The van der Waals surface area contributed by atoms with Gasteiger partial charge >= 0.3 is 0 Å². The maximum Gasteiger partial charge on any atom is 0.255 e. The molecule has 0 radical (unpaired) electrons. The van der Waals surface area contributed by atoms with Gasteiger partial charge in [-0.2, -0.15) is 0 Å². The molecular formula is C29H33N3O3. The van der Waals surface area contributed by atoms with E-state index in [0.717, 1.165) is 29.7 Å². The number of likely N-dealkylation sites (N-methyl/N-ethyl adjacent to an activating group) is 1. The van der Waals surface area contributed by atoms with Gasteiger partial charge in [-0.25, -0.2) is 0 Å². The van der Waals surface area contributed by atoms with Gasteiger partial charge < -0.3 is 15.3 Å². The summed E-state index contributed by atoms with van der Waals surface area (Å²) in [6, 6.07) is 24.8. The standard InChI is InChI=1S/C29H33N3O3/c1-21-11-13-24(14-12-21)29(35)30-25-10-6-7-22(17-25)18-28(34)31(2)27(23-8-4-3-5-9-23)20-32-16-15-26(33)19-32/h3-14,17,26-27,33H,15-16,18-20H2,1-2H3,(H,30,35)/t26-,27+/m0/s1. The van der Waals surface area contributed by atoms with Crippen LogP contribution in [0.3, 0.4) is 0 Å². The largest absolute Gasteiger partial charge is 0.392 e. The molecule has 0 bridgehead atoms. The minimum absolute atomic E-state index is 0.000564. The second kappa shape index (κ2) is 11.3. The van der Waals surface area contributed by atoms with E-state index in [1.54, 1.807) is 17.0 Å². The Hall–Kier alpha value is -3.48. The van der Waals surface area contributed by atoms with Gasteiger partial charge in [0, 0.05) is 37.9 Å². The molecule has 0 aromatic heterocycles. The molecular weight excluding hydrogens is 438 g/mol. The van der Waals surface area contributed by atoms with Gasteiger partial charge in [0.25, 0.3) is 5.91 Å². The van der Waals surface area contributed by atoms with Crippen molar-refractivity contribution in [1.29, 1.82) is 0 Å². The Morgan fingerprint density at radius 3 is 2.49 bits per heavy atom. The first-order valence-corrected chi connectivity index (χ1v) is 12.1. The van der Waals surface area contributed by atoms with E-state index in [4.69, 9.17) is 0 Å². The SMILES string of the molecule is Cc1ccc(C(=O)Nc2cccc(CC(=O)N(C)[C@H](CN3CC[C@H](O)C3)c3ccccc3)c2)cc1. The predicted molar refractivity (Wildman–Crippen MR) is 138 cm³/mol. The number of rotatable bonds is 8. The molecule has 2 amide bonds. The molecule has 2 atom stereocenters. The number of hydrogen-bond acceptors (Lipinski definition) is 4. The summed E-state index contributed by atoms with van der Waals surface area (Å²) in [5.41, 5.74) is 4.26. The third-order valence-electron chi connectivity index (χ3n) is 6.58. The molecule has 1 heterocycles. The molecule has 2 N–H and O–H groups in total. The number of aliphatic hydroxyl groups is 1. The van der Waals surface area contributed by atoms with Crippen molar-refractivity contribution in [3.63, 3.8) is 0 Å². The second-order valence-corrected chi connectivity index (χ2v) is 9.33. The van der Waals surface area contributed by atoms with Gasteiger partial charge in [0.1, 0.15) is 0 Å². The van der Waals surface area contributed by atoms with Crippen molar-refractivity contribution in [1.82, 2.24) is 9.80 Å². The molecule has 3 aromatic carbocycles. The van der Waals surface area contributed by atoms with Crippen LogP contribution in [0.4, 0.5) is 5.69 Å². The third kappa shape index (κ3) is 6.56. The fourth-order valence-electron chi connectivity index (χ4n) is 4.49. The van der Waals surface area contributed by atoms with E-state index < -0.39 is 0 Å². The molecule has 1 aliphatic heterocycles. The number of β-amino-alcohol motifs (C(OH)–C–C–N with tert-alkyl or cyclic N) is 1. The molecule has 0 aliphatic carbocycles. The van der Waals surface area contributed by atoms with Crippen LogP contribution in [0.25, 0.3) is 0 Å². The molecule has 0 unspecified atom stereocenters. The number of benzene rings is 3. The summed E-state index contributed by atoms with van der Waals surface area (Å²) in [5.74, 6) is -0.178. The lowest BCUT2D eigenvalue weighted by Crippen LogP contribution is -2.39. The minimum atomic E-state index is -0.301. The molecule has 4 rings (SSSR count). The van der Waals surface area contributed by atoms with Crippen molar-refractivity contribution in [3.05, 3.63) is 101 Å². The number of aryl methyl sites for hydroxylation is 1. The van der Waals surface area contributed by atoms with Crippen LogP contribution >= 0.6 is 0 Å². The highest BCUT2D eigenvalue weighted by Crippen LogP contribution is 2.24. The van der Waals surface area contributed by atoms with Gasteiger partial charge in [0.2, 0.25) is 5.91 Å². The zero-order chi connectivity index (χ0) is 24.8. The molecule has 0 spiro atoms. The Bertz CT molecular complexity index is 1150. The summed E-state index contributed by atoms with van der Waals surface area (Å²) >= 11 is 0. The maximum atomic E-state index is 13.3. The Morgan fingerprint density at radius 1 is 1.06 bits per heavy atom. The van der Waals surface area contributed by atoms with Crippen molar-refractivity contribution in [2.24, 2.45) is 0 Å². The van der Waals surface area contributed by atoms with Gasteiger partial charge in [-0.15, -0.1) is 0 Å². The minimum Gasteiger partial charge on any atom is -0.392 e. The highest BCUT2D eigenvalue weighted by atomic mass is 16.3. The average molecular weight is 472 g/mol. The van der Waals surface area contributed by atoms with Crippen LogP contribution in [-0.2, 0) is 11.2 Å². The molecule has 182 valence electrons. The molecule has 6 heteroatoms. The van der Waals surface area contributed by atoms with E-state index in [-0.39, 0.29) is 30.4 Å². The zero-order valence-electron chi connectivity index (χ0n) is 20.4. The van der Waals surface area contributed by atoms with E-state index in [1.807, 2.05) is 80.7 Å². The molecule has 1 aliphatic rings. The van der Waals surface area contributed by atoms with Crippen LogP contribution in [-0.4, -0.2) is 59.5 Å². The molecule has 0 saturated carbocycles. The number of carbonyl (C=O) groups excluding carboxylic acids is 2. The van der Waals surface area contributed by atoms with E-state index in [2.05, 4.69) is 10.2 Å².